The molecular formula is C19H24N4O. The van der Waals surface area contributed by atoms with Gasteiger partial charge < -0.3 is 10.0 Å². The molecule has 0 amide bonds. The van der Waals surface area contributed by atoms with Crippen molar-refractivity contribution in [3.63, 3.8) is 0 Å². The number of hydrogen-bond acceptors (Lipinski definition) is 4. The van der Waals surface area contributed by atoms with Crippen molar-refractivity contribution in [1.29, 1.82) is 0 Å². The van der Waals surface area contributed by atoms with E-state index in [1.165, 1.54) is 5.69 Å². The maximum atomic E-state index is 10.1. The molecular weight excluding hydrogens is 300 g/mol. The molecule has 2 aromatic heterocycles. The zero-order valence-electron chi connectivity index (χ0n) is 14.5. The van der Waals surface area contributed by atoms with Crippen molar-refractivity contribution >= 4 is 11.3 Å². The fourth-order valence-electron chi connectivity index (χ4n) is 2.96. The molecule has 1 N–H and O–H groups in total. The summed E-state index contributed by atoms with van der Waals surface area (Å²) in [5, 5.41) is 10.1. The summed E-state index contributed by atoms with van der Waals surface area (Å²) in [4.78, 5) is 11.1. The quantitative estimate of drug-likeness (QED) is 0.743. The van der Waals surface area contributed by atoms with Gasteiger partial charge in [-0.25, -0.2) is 4.98 Å². The minimum atomic E-state index is 0.169. The summed E-state index contributed by atoms with van der Waals surface area (Å²) in [6.45, 7) is 8.33. The monoisotopic (exact) mass is 324 g/mol. The van der Waals surface area contributed by atoms with Gasteiger partial charge in [0.25, 0.3) is 0 Å². The summed E-state index contributed by atoms with van der Waals surface area (Å²) >= 11 is 0. The van der Waals surface area contributed by atoms with Gasteiger partial charge in [0.15, 0.2) is 5.65 Å². The highest BCUT2D eigenvalue weighted by Gasteiger charge is 2.10. The van der Waals surface area contributed by atoms with Gasteiger partial charge in [0.1, 0.15) is 5.69 Å². The van der Waals surface area contributed by atoms with Crippen molar-refractivity contribution in [2.24, 2.45) is 0 Å². The van der Waals surface area contributed by atoms with E-state index in [1.807, 2.05) is 6.20 Å². The molecule has 0 bridgehead atoms. The molecule has 24 heavy (non-hydrogen) atoms. The predicted molar refractivity (Wildman–Crippen MR) is 97.6 cm³/mol. The SMILES string of the molecule is CCCN(CCC)c1ccc(-c2cn3c(O)c(C)nc3cn2)cc1. The van der Waals surface area contributed by atoms with E-state index in [1.54, 1.807) is 17.5 Å². The lowest BCUT2D eigenvalue weighted by Crippen LogP contribution is -2.24. The molecule has 0 unspecified atom stereocenters. The van der Waals surface area contributed by atoms with Crippen molar-refractivity contribution in [3.8, 4) is 17.1 Å². The first-order chi connectivity index (χ1) is 11.6. The number of aromatic hydroxyl groups is 1. The molecule has 0 saturated heterocycles. The van der Waals surface area contributed by atoms with E-state index < -0.39 is 0 Å². The van der Waals surface area contributed by atoms with Crippen LogP contribution in [0.4, 0.5) is 5.69 Å². The van der Waals surface area contributed by atoms with E-state index in [0.717, 1.165) is 37.2 Å². The van der Waals surface area contributed by atoms with E-state index in [0.29, 0.717) is 11.3 Å². The van der Waals surface area contributed by atoms with Gasteiger partial charge in [0.2, 0.25) is 5.88 Å². The van der Waals surface area contributed by atoms with Crippen LogP contribution in [-0.4, -0.2) is 32.6 Å². The van der Waals surface area contributed by atoms with Gasteiger partial charge in [-0.15, -0.1) is 0 Å². The molecule has 0 spiro atoms. The lowest BCUT2D eigenvalue weighted by molar-refractivity contribution is 0.444. The van der Waals surface area contributed by atoms with Crippen LogP contribution in [0.5, 0.6) is 5.88 Å². The number of nitrogens with zero attached hydrogens (tertiary/aromatic N) is 4. The van der Waals surface area contributed by atoms with Crippen LogP contribution < -0.4 is 4.90 Å². The topological polar surface area (TPSA) is 53.7 Å². The highest BCUT2D eigenvalue weighted by molar-refractivity contribution is 5.64. The minimum Gasteiger partial charge on any atom is -0.493 e. The van der Waals surface area contributed by atoms with Gasteiger partial charge in [0, 0.05) is 30.5 Å². The maximum absolute atomic E-state index is 10.1. The van der Waals surface area contributed by atoms with Crippen molar-refractivity contribution in [2.75, 3.05) is 18.0 Å². The molecule has 1 aromatic carbocycles. The number of aromatic nitrogens is 3. The molecule has 0 fully saturated rings. The number of benzene rings is 1. The molecule has 0 aliphatic heterocycles. The van der Waals surface area contributed by atoms with Crippen LogP contribution in [0.3, 0.4) is 0 Å². The largest absolute Gasteiger partial charge is 0.493 e. The Hall–Kier alpha value is -2.56. The maximum Gasteiger partial charge on any atom is 0.219 e. The average molecular weight is 324 g/mol. The van der Waals surface area contributed by atoms with Crippen LogP contribution in [0.25, 0.3) is 16.9 Å². The van der Waals surface area contributed by atoms with Crippen LogP contribution in [0.15, 0.2) is 36.7 Å². The Morgan fingerprint density at radius 3 is 2.38 bits per heavy atom. The average Bonchev–Trinajstić information content (AvgIpc) is 2.89. The lowest BCUT2D eigenvalue weighted by atomic mass is 10.1. The van der Waals surface area contributed by atoms with Gasteiger partial charge in [-0.2, -0.15) is 0 Å². The Morgan fingerprint density at radius 1 is 1.08 bits per heavy atom. The summed E-state index contributed by atoms with van der Waals surface area (Å²) < 4.78 is 1.67. The third-order valence-electron chi connectivity index (χ3n) is 4.17. The molecule has 5 nitrogen and oxygen atoms in total. The van der Waals surface area contributed by atoms with E-state index in [-0.39, 0.29) is 5.88 Å². The third kappa shape index (κ3) is 3.07. The Morgan fingerprint density at radius 2 is 1.75 bits per heavy atom. The van der Waals surface area contributed by atoms with Gasteiger partial charge in [0.05, 0.1) is 11.9 Å². The third-order valence-corrected chi connectivity index (χ3v) is 4.17. The van der Waals surface area contributed by atoms with Gasteiger partial charge in [-0.05, 0) is 31.9 Å². The van der Waals surface area contributed by atoms with Crippen molar-refractivity contribution in [2.45, 2.75) is 33.6 Å². The normalized spacial score (nSPS) is 11.1. The predicted octanol–water partition coefficient (Wildman–Crippen LogP) is 4.04. The first-order valence-corrected chi connectivity index (χ1v) is 8.53. The first kappa shape index (κ1) is 16.3. The Bertz CT molecular complexity index is 817. The molecule has 5 heteroatoms. The second-order valence-electron chi connectivity index (χ2n) is 6.06. The zero-order valence-corrected chi connectivity index (χ0v) is 14.5. The molecule has 126 valence electrons. The van der Waals surface area contributed by atoms with E-state index in [4.69, 9.17) is 0 Å². The molecule has 0 atom stereocenters. The molecule has 2 heterocycles. The van der Waals surface area contributed by atoms with Crippen molar-refractivity contribution in [3.05, 3.63) is 42.4 Å². The van der Waals surface area contributed by atoms with Crippen LogP contribution in [0.1, 0.15) is 32.4 Å². The summed E-state index contributed by atoms with van der Waals surface area (Å²) in [5.74, 6) is 0.169. The second kappa shape index (κ2) is 6.91. The number of anilines is 1. The number of imidazole rings is 1. The summed E-state index contributed by atoms with van der Waals surface area (Å²) in [6.07, 6.45) is 5.80. The van der Waals surface area contributed by atoms with Crippen molar-refractivity contribution in [1.82, 2.24) is 14.4 Å². The summed E-state index contributed by atoms with van der Waals surface area (Å²) in [6, 6.07) is 8.46. The Kier molecular flexibility index (Phi) is 4.69. The molecule has 0 saturated carbocycles. The highest BCUT2D eigenvalue weighted by atomic mass is 16.3. The number of fused-ring (bicyclic) bond motifs is 1. The molecule has 0 radical (unpaired) electrons. The smallest absolute Gasteiger partial charge is 0.219 e. The first-order valence-electron chi connectivity index (χ1n) is 8.53. The van der Waals surface area contributed by atoms with E-state index >= 15 is 0 Å². The Balaban J connectivity index is 1.91. The van der Waals surface area contributed by atoms with Crippen LogP contribution >= 0.6 is 0 Å². The Labute approximate surface area is 142 Å². The molecule has 0 aliphatic carbocycles. The standard InChI is InChI=1S/C19H24N4O/c1-4-10-22(11-5-2)16-8-6-15(7-9-16)17-13-23-18(12-20-17)21-14(3)19(23)24/h6-9,12-13,24H,4-5,10-11H2,1-3H3. The minimum absolute atomic E-state index is 0.169. The summed E-state index contributed by atoms with van der Waals surface area (Å²) in [7, 11) is 0. The van der Waals surface area contributed by atoms with Crippen LogP contribution in [0.2, 0.25) is 0 Å². The second-order valence-corrected chi connectivity index (χ2v) is 6.06. The van der Waals surface area contributed by atoms with E-state index in [2.05, 4.69) is 53.0 Å². The molecule has 3 rings (SSSR count). The molecule has 3 aromatic rings. The fourth-order valence-corrected chi connectivity index (χ4v) is 2.96. The van der Waals surface area contributed by atoms with Gasteiger partial charge >= 0.3 is 0 Å². The van der Waals surface area contributed by atoms with Crippen molar-refractivity contribution < 1.29 is 5.11 Å². The van der Waals surface area contributed by atoms with Crippen LogP contribution in [0, 0.1) is 6.92 Å². The van der Waals surface area contributed by atoms with E-state index in [9.17, 15) is 5.11 Å². The van der Waals surface area contributed by atoms with Crippen LogP contribution in [-0.2, 0) is 0 Å². The number of aryl methyl sites for hydroxylation is 1. The highest BCUT2D eigenvalue weighted by Crippen LogP contribution is 2.25. The van der Waals surface area contributed by atoms with Gasteiger partial charge in [-0.1, -0.05) is 26.0 Å². The lowest BCUT2D eigenvalue weighted by Gasteiger charge is -2.23. The number of rotatable bonds is 6. The summed E-state index contributed by atoms with van der Waals surface area (Å²) in [5.41, 5.74) is 4.35. The fraction of sp³-hybridized carbons (Fsp3) is 0.368. The molecule has 0 aliphatic rings. The van der Waals surface area contributed by atoms with Gasteiger partial charge in [-0.3, -0.25) is 9.38 Å². The zero-order chi connectivity index (χ0) is 17.1. The number of hydrogen-bond donors (Lipinski definition) is 1.